The van der Waals surface area contributed by atoms with E-state index in [1.807, 2.05) is 33.0 Å². The molecule has 5 nitrogen and oxygen atoms in total. The molecule has 0 radical (unpaired) electrons. The molecule has 0 aliphatic rings. The molecular formula is C13H19N3O2S2. The summed E-state index contributed by atoms with van der Waals surface area (Å²) in [6.07, 6.45) is 4.51. The number of aryl methyl sites for hydroxylation is 2. The lowest BCUT2D eigenvalue weighted by molar-refractivity contribution is 0.479. The Morgan fingerprint density at radius 3 is 2.75 bits per heavy atom. The van der Waals surface area contributed by atoms with Gasteiger partial charge in [0.1, 0.15) is 4.21 Å². The normalized spacial score (nSPS) is 13.6. The summed E-state index contributed by atoms with van der Waals surface area (Å²) in [6, 6.07) is 3.50. The fourth-order valence-corrected chi connectivity index (χ4v) is 4.22. The van der Waals surface area contributed by atoms with Gasteiger partial charge in [-0.05, 0) is 38.0 Å². The van der Waals surface area contributed by atoms with E-state index in [0.717, 1.165) is 16.9 Å². The van der Waals surface area contributed by atoms with Gasteiger partial charge in [-0.2, -0.15) is 5.10 Å². The van der Waals surface area contributed by atoms with Gasteiger partial charge in [0.15, 0.2) is 0 Å². The van der Waals surface area contributed by atoms with E-state index in [4.69, 9.17) is 0 Å². The summed E-state index contributed by atoms with van der Waals surface area (Å²) in [7, 11) is -3.42. The smallest absolute Gasteiger partial charge is 0.250 e. The fourth-order valence-electron chi connectivity index (χ4n) is 1.76. The van der Waals surface area contributed by atoms with Gasteiger partial charge in [0.25, 0.3) is 0 Å². The molecule has 0 fully saturated rings. The molecule has 0 saturated heterocycles. The Balaban J connectivity index is 2.02. The molecule has 0 spiro atoms. The van der Waals surface area contributed by atoms with Crippen LogP contribution in [0.5, 0.6) is 0 Å². The molecule has 0 amide bonds. The maximum absolute atomic E-state index is 12.2. The third-order valence-corrected chi connectivity index (χ3v) is 6.15. The van der Waals surface area contributed by atoms with Crippen molar-refractivity contribution < 1.29 is 8.42 Å². The third kappa shape index (κ3) is 3.47. The van der Waals surface area contributed by atoms with Gasteiger partial charge >= 0.3 is 0 Å². The molecule has 0 saturated carbocycles. The summed E-state index contributed by atoms with van der Waals surface area (Å²) < 4.78 is 29.1. The van der Waals surface area contributed by atoms with Crippen LogP contribution in [0.2, 0.25) is 0 Å². The van der Waals surface area contributed by atoms with E-state index in [2.05, 4.69) is 9.82 Å². The van der Waals surface area contributed by atoms with Crippen LogP contribution in [0.25, 0.3) is 0 Å². The van der Waals surface area contributed by atoms with Crippen LogP contribution in [0.1, 0.15) is 30.3 Å². The van der Waals surface area contributed by atoms with E-state index >= 15 is 0 Å². The van der Waals surface area contributed by atoms with Gasteiger partial charge in [-0.1, -0.05) is 6.92 Å². The van der Waals surface area contributed by atoms with E-state index in [1.54, 1.807) is 16.9 Å². The van der Waals surface area contributed by atoms with Crippen LogP contribution >= 0.6 is 11.3 Å². The quantitative estimate of drug-likeness (QED) is 0.890. The zero-order chi connectivity index (χ0) is 14.8. The van der Waals surface area contributed by atoms with E-state index < -0.39 is 10.0 Å². The van der Waals surface area contributed by atoms with Crippen molar-refractivity contribution in [3.05, 3.63) is 35.0 Å². The van der Waals surface area contributed by atoms with Gasteiger partial charge in [0.2, 0.25) is 10.0 Å². The molecule has 2 rings (SSSR count). The van der Waals surface area contributed by atoms with Crippen molar-refractivity contribution >= 4 is 21.4 Å². The Bertz CT molecular complexity index is 673. The van der Waals surface area contributed by atoms with Crippen LogP contribution in [0.15, 0.2) is 28.7 Å². The van der Waals surface area contributed by atoms with E-state index in [0.29, 0.717) is 10.8 Å². The van der Waals surface area contributed by atoms with E-state index in [1.165, 1.54) is 11.3 Å². The van der Waals surface area contributed by atoms with E-state index in [-0.39, 0.29) is 6.04 Å². The Kier molecular flexibility index (Phi) is 4.62. The van der Waals surface area contributed by atoms with Crippen molar-refractivity contribution in [3.8, 4) is 0 Å². The lowest BCUT2D eigenvalue weighted by Gasteiger charge is -2.12. The molecule has 0 bridgehead atoms. The molecule has 2 heterocycles. The Hall–Kier alpha value is -1.18. The highest BCUT2D eigenvalue weighted by molar-refractivity contribution is 7.91. The maximum Gasteiger partial charge on any atom is 0.250 e. The largest absolute Gasteiger partial charge is 0.268 e. The number of hydrogen-bond acceptors (Lipinski definition) is 4. The predicted molar refractivity (Wildman–Crippen MR) is 80.6 cm³/mol. The molecule has 2 aromatic heterocycles. The summed E-state index contributed by atoms with van der Waals surface area (Å²) in [5.41, 5.74) is 1.06. The molecule has 0 aromatic carbocycles. The lowest BCUT2D eigenvalue weighted by Crippen LogP contribution is -2.29. The maximum atomic E-state index is 12.2. The second kappa shape index (κ2) is 6.07. The first-order valence-electron chi connectivity index (χ1n) is 6.51. The molecule has 20 heavy (non-hydrogen) atoms. The number of sulfonamides is 1. The van der Waals surface area contributed by atoms with Gasteiger partial charge in [0.05, 0.1) is 12.2 Å². The van der Waals surface area contributed by atoms with Gasteiger partial charge in [-0.3, -0.25) is 4.68 Å². The van der Waals surface area contributed by atoms with Gasteiger partial charge < -0.3 is 0 Å². The van der Waals surface area contributed by atoms with Crippen LogP contribution in [0, 0.1) is 6.92 Å². The Labute approximate surface area is 123 Å². The summed E-state index contributed by atoms with van der Waals surface area (Å²) in [5, 5.41) is 4.19. The minimum atomic E-state index is -3.42. The monoisotopic (exact) mass is 313 g/mol. The molecule has 110 valence electrons. The average molecular weight is 313 g/mol. The molecule has 0 aliphatic carbocycles. The lowest BCUT2D eigenvalue weighted by atomic mass is 10.3. The molecule has 1 atom stereocenters. The fraction of sp³-hybridized carbons (Fsp3) is 0.462. The molecule has 1 N–H and O–H groups in total. The number of nitrogens with one attached hydrogen (secondary N) is 1. The van der Waals surface area contributed by atoms with Crippen molar-refractivity contribution in [2.75, 3.05) is 6.54 Å². The second-order valence-electron chi connectivity index (χ2n) is 4.77. The number of aromatic nitrogens is 2. The second-order valence-corrected chi connectivity index (χ2v) is 7.94. The Morgan fingerprint density at radius 2 is 2.20 bits per heavy atom. The number of hydrogen-bond donors (Lipinski definition) is 1. The summed E-state index contributed by atoms with van der Waals surface area (Å²) in [5.74, 6) is 0. The van der Waals surface area contributed by atoms with Crippen LogP contribution in [-0.2, 0) is 16.4 Å². The highest BCUT2D eigenvalue weighted by atomic mass is 32.2. The van der Waals surface area contributed by atoms with Crippen molar-refractivity contribution in [2.45, 2.75) is 37.4 Å². The van der Waals surface area contributed by atoms with E-state index in [9.17, 15) is 8.42 Å². The number of thiophene rings is 1. The van der Waals surface area contributed by atoms with Crippen molar-refractivity contribution in [2.24, 2.45) is 0 Å². The zero-order valence-electron chi connectivity index (χ0n) is 11.8. The minimum Gasteiger partial charge on any atom is -0.268 e. The molecular weight excluding hydrogens is 294 g/mol. The first kappa shape index (κ1) is 15.2. The average Bonchev–Trinajstić information content (AvgIpc) is 3.04. The summed E-state index contributed by atoms with van der Waals surface area (Å²) in [6.45, 7) is 6.22. The van der Waals surface area contributed by atoms with Crippen molar-refractivity contribution in [3.63, 3.8) is 0 Å². The molecule has 0 aliphatic heterocycles. The first-order chi connectivity index (χ1) is 9.42. The van der Waals surface area contributed by atoms with Crippen LogP contribution in [0.3, 0.4) is 0 Å². The Morgan fingerprint density at radius 1 is 1.45 bits per heavy atom. The SMILES string of the molecule is CCc1ccc(S(=O)(=O)NC[C@H](C)n2cc(C)cn2)s1. The van der Waals surface area contributed by atoms with Crippen molar-refractivity contribution in [1.82, 2.24) is 14.5 Å². The number of rotatable bonds is 6. The van der Waals surface area contributed by atoms with Crippen molar-refractivity contribution in [1.29, 1.82) is 0 Å². The molecule has 0 unspecified atom stereocenters. The van der Waals surface area contributed by atoms with Crippen LogP contribution in [0.4, 0.5) is 0 Å². The zero-order valence-corrected chi connectivity index (χ0v) is 13.5. The highest BCUT2D eigenvalue weighted by Gasteiger charge is 2.18. The third-order valence-electron chi connectivity index (χ3n) is 3.00. The number of nitrogens with zero attached hydrogens (tertiary/aromatic N) is 2. The molecule has 2 aromatic rings. The topological polar surface area (TPSA) is 64.0 Å². The highest BCUT2D eigenvalue weighted by Crippen LogP contribution is 2.21. The molecule has 7 heteroatoms. The van der Waals surface area contributed by atoms with Gasteiger partial charge in [-0.15, -0.1) is 11.3 Å². The van der Waals surface area contributed by atoms with Crippen LogP contribution in [-0.4, -0.2) is 24.7 Å². The van der Waals surface area contributed by atoms with Gasteiger partial charge in [-0.25, -0.2) is 13.1 Å². The first-order valence-corrected chi connectivity index (χ1v) is 8.81. The van der Waals surface area contributed by atoms with Crippen LogP contribution < -0.4 is 4.72 Å². The minimum absolute atomic E-state index is 0.0240. The summed E-state index contributed by atoms with van der Waals surface area (Å²) >= 11 is 1.32. The predicted octanol–water partition coefficient (Wildman–Crippen LogP) is 2.35. The standard InChI is InChI=1S/C13H19N3O2S2/c1-4-12-5-6-13(19-12)20(17,18)15-8-11(3)16-9-10(2)7-14-16/h5-7,9,11,15H,4,8H2,1-3H3/t11-/m0/s1. The summed E-state index contributed by atoms with van der Waals surface area (Å²) in [4.78, 5) is 1.07. The van der Waals surface area contributed by atoms with Gasteiger partial charge in [0, 0.05) is 17.6 Å².